The van der Waals surface area contributed by atoms with Crippen LogP contribution in [0, 0.1) is 10.1 Å². The van der Waals surface area contributed by atoms with Crippen LogP contribution in [0.5, 0.6) is 0 Å². The third-order valence-corrected chi connectivity index (χ3v) is 3.20. The number of fused-ring (bicyclic) bond motifs is 1. The van der Waals surface area contributed by atoms with Gasteiger partial charge in [-0.25, -0.2) is 4.90 Å². The van der Waals surface area contributed by atoms with Crippen LogP contribution in [0.4, 0.5) is 0 Å². The van der Waals surface area contributed by atoms with Gasteiger partial charge in [0.15, 0.2) is 13.0 Å². The van der Waals surface area contributed by atoms with Crippen LogP contribution in [0.25, 0.3) is 0 Å². The Bertz CT molecular complexity index is 741. The van der Waals surface area contributed by atoms with Crippen LogP contribution in [0.3, 0.4) is 0 Å². The number of carbonyl (C=O) groups is 4. The zero-order valence-electron chi connectivity index (χ0n) is 12.1. The van der Waals surface area contributed by atoms with E-state index < -0.39 is 29.5 Å². The van der Waals surface area contributed by atoms with E-state index in [4.69, 9.17) is 0 Å². The summed E-state index contributed by atoms with van der Waals surface area (Å²) in [6.45, 7) is -0.868. The number of amides is 3. The average molecular weight is 321 g/mol. The molecule has 1 aromatic rings. The zero-order chi connectivity index (χ0) is 17.3. The molecule has 0 fully saturated rings. The normalized spacial score (nSPS) is 12.9. The van der Waals surface area contributed by atoms with Crippen LogP contribution in [-0.4, -0.2) is 59.7 Å². The first kappa shape index (κ1) is 16.1. The van der Waals surface area contributed by atoms with Gasteiger partial charge in [0.25, 0.3) is 22.8 Å². The highest BCUT2D eigenvalue weighted by atomic mass is 17.0. The van der Waals surface area contributed by atoms with Gasteiger partial charge in [0.1, 0.15) is 0 Å². The molecule has 0 aromatic heterocycles. The van der Waals surface area contributed by atoms with Gasteiger partial charge >= 0.3 is 0 Å². The molecular weight excluding hydrogens is 310 g/mol. The maximum atomic E-state index is 12.2. The fourth-order valence-electron chi connectivity index (χ4n) is 2.10. The van der Waals surface area contributed by atoms with E-state index in [1.54, 1.807) is 0 Å². The molecule has 0 spiro atoms. The van der Waals surface area contributed by atoms with Crippen molar-refractivity contribution < 1.29 is 29.1 Å². The first-order valence-electron chi connectivity index (χ1n) is 6.26. The Hall–Kier alpha value is -3.30. The minimum atomic E-state index is -1.14. The number of benzene rings is 1. The quantitative estimate of drug-likeness (QED) is 0.322. The molecule has 23 heavy (non-hydrogen) atoms. The lowest BCUT2D eigenvalue weighted by Crippen LogP contribution is -2.33. The molecule has 10 heteroatoms. The highest BCUT2D eigenvalue weighted by molar-refractivity contribution is 6.22. The van der Waals surface area contributed by atoms with Gasteiger partial charge in [-0.15, -0.1) is 10.1 Å². The average Bonchev–Trinajstić information content (AvgIpc) is 2.74. The predicted octanol–water partition coefficient (Wildman–Crippen LogP) is -0.0373. The van der Waals surface area contributed by atoms with Crippen LogP contribution in [0.2, 0.25) is 0 Å². The number of rotatable bonds is 5. The standard InChI is InChI=1S/C13H11N3O7/c1-14(2)11(18)8-4-10-9(3-7(8)5-17)12(19)15(13(10)20)6-23-16(21)22/h3-5H,6H2,1-2H3. The summed E-state index contributed by atoms with van der Waals surface area (Å²) >= 11 is 0. The SMILES string of the molecule is CN(C)C(=O)c1cc2c(cc1C=O)C(=O)N(CO[N+](=O)[O-])C2=O. The van der Waals surface area contributed by atoms with Crippen molar-refractivity contribution in [1.29, 1.82) is 0 Å². The Balaban J connectivity index is 2.48. The molecule has 120 valence electrons. The third-order valence-electron chi connectivity index (χ3n) is 3.20. The van der Waals surface area contributed by atoms with Gasteiger partial charge in [-0.05, 0) is 12.1 Å². The van der Waals surface area contributed by atoms with E-state index in [0.29, 0.717) is 11.2 Å². The van der Waals surface area contributed by atoms with Crippen LogP contribution < -0.4 is 0 Å². The molecule has 0 bridgehead atoms. The summed E-state index contributed by atoms with van der Waals surface area (Å²) in [6, 6.07) is 2.25. The molecule has 2 rings (SSSR count). The number of aldehydes is 1. The van der Waals surface area contributed by atoms with Crippen molar-refractivity contribution in [3.63, 3.8) is 0 Å². The largest absolute Gasteiger partial charge is 0.345 e. The number of imide groups is 1. The lowest BCUT2D eigenvalue weighted by Gasteiger charge is -2.12. The Morgan fingerprint density at radius 1 is 1.30 bits per heavy atom. The van der Waals surface area contributed by atoms with E-state index in [9.17, 15) is 29.3 Å². The van der Waals surface area contributed by atoms with E-state index >= 15 is 0 Å². The van der Waals surface area contributed by atoms with Crippen molar-refractivity contribution in [1.82, 2.24) is 9.80 Å². The second-order valence-electron chi connectivity index (χ2n) is 4.82. The number of hydrogen-bond acceptors (Lipinski definition) is 7. The van der Waals surface area contributed by atoms with Crippen LogP contribution in [0.1, 0.15) is 41.4 Å². The molecule has 0 atom stereocenters. The summed E-state index contributed by atoms with van der Waals surface area (Å²) in [5, 5.41) is 9.06. The first-order valence-corrected chi connectivity index (χ1v) is 6.26. The zero-order valence-corrected chi connectivity index (χ0v) is 12.1. The summed E-state index contributed by atoms with van der Waals surface area (Å²) in [7, 11) is 2.93. The fraction of sp³-hybridized carbons (Fsp3) is 0.231. The lowest BCUT2D eigenvalue weighted by atomic mass is 9.99. The maximum absolute atomic E-state index is 12.2. The lowest BCUT2D eigenvalue weighted by molar-refractivity contribution is -0.761. The monoisotopic (exact) mass is 321 g/mol. The fourth-order valence-corrected chi connectivity index (χ4v) is 2.10. The molecule has 0 saturated carbocycles. The first-order chi connectivity index (χ1) is 10.8. The Kier molecular flexibility index (Phi) is 4.08. The molecule has 10 nitrogen and oxygen atoms in total. The van der Waals surface area contributed by atoms with E-state index in [1.165, 1.54) is 19.0 Å². The topological polar surface area (TPSA) is 127 Å². The summed E-state index contributed by atoms with van der Waals surface area (Å²) in [6.07, 6.45) is 0.394. The van der Waals surface area contributed by atoms with E-state index in [0.717, 1.165) is 12.1 Å². The molecule has 0 unspecified atom stereocenters. The van der Waals surface area contributed by atoms with Crippen molar-refractivity contribution in [2.24, 2.45) is 0 Å². The molecular formula is C13H11N3O7. The predicted molar refractivity (Wildman–Crippen MR) is 73.3 cm³/mol. The smallest absolute Gasteiger partial charge is 0.296 e. The second kappa shape index (κ2) is 5.83. The van der Waals surface area contributed by atoms with Gasteiger partial charge in [-0.1, -0.05) is 0 Å². The van der Waals surface area contributed by atoms with Crippen LogP contribution >= 0.6 is 0 Å². The van der Waals surface area contributed by atoms with Crippen molar-refractivity contribution in [3.05, 3.63) is 44.5 Å². The number of nitrogens with zero attached hydrogens (tertiary/aromatic N) is 3. The number of carbonyl (C=O) groups excluding carboxylic acids is 4. The summed E-state index contributed by atoms with van der Waals surface area (Å²) in [5.41, 5.74) is -0.320. The second-order valence-corrected chi connectivity index (χ2v) is 4.82. The van der Waals surface area contributed by atoms with Gasteiger partial charge < -0.3 is 4.90 Å². The summed E-state index contributed by atoms with van der Waals surface area (Å²) < 4.78 is 0. The molecule has 0 aliphatic carbocycles. The van der Waals surface area contributed by atoms with Gasteiger partial charge in [0.05, 0.1) is 16.7 Å². The maximum Gasteiger partial charge on any atom is 0.296 e. The van der Waals surface area contributed by atoms with E-state index in [-0.39, 0.29) is 22.3 Å². The van der Waals surface area contributed by atoms with Crippen molar-refractivity contribution >= 4 is 24.0 Å². The molecule has 1 aromatic carbocycles. The third kappa shape index (κ3) is 2.73. The molecule has 1 aliphatic heterocycles. The molecule has 0 radical (unpaired) electrons. The van der Waals surface area contributed by atoms with E-state index in [1.807, 2.05) is 0 Å². The highest BCUT2D eigenvalue weighted by Crippen LogP contribution is 2.26. The molecule has 1 heterocycles. The van der Waals surface area contributed by atoms with Crippen molar-refractivity contribution in [2.45, 2.75) is 0 Å². The Labute approximate surface area is 129 Å². The van der Waals surface area contributed by atoms with Crippen LogP contribution in [-0.2, 0) is 4.84 Å². The Morgan fingerprint density at radius 2 is 1.87 bits per heavy atom. The number of hydrogen-bond donors (Lipinski definition) is 0. The minimum Gasteiger partial charge on any atom is -0.345 e. The van der Waals surface area contributed by atoms with Crippen LogP contribution in [0.15, 0.2) is 12.1 Å². The molecule has 3 amide bonds. The van der Waals surface area contributed by atoms with Crippen molar-refractivity contribution in [2.75, 3.05) is 20.8 Å². The van der Waals surface area contributed by atoms with Gasteiger partial charge in [-0.3, -0.25) is 24.0 Å². The summed E-state index contributed by atoms with van der Waals surface area (Å²) in [4.78, 5) is 63.4. The van der Waals surface area contributed by atoms with Gasteiger partial charge in [-0.2, -0.15) is 0 Å². The minimum absolute atomic E-state index is 0.0399. The van der Waals surface area contributed by atoms with Crippen molar-refractivity contribution in [3.8, 4) is 0 Å². The highest BCUT2D eigenvalue weighted by Gasteiger charge is 2.37. The molecule has 0 saturated heterocycles. The summed E-state index contributed by atoms with van der Waals surface area (Å²) in [5.74, 6) is -2.19. The van der Waals surface area contributed by atoms with Gasteiger partial charge in [0, 0.05) is 19.7 Å². The van der Waals surface area contributed by atoms with Gasteiger partial charge in [0.2, 0.25) is 0 Å². The molecule has 1 aliphatic rings. The molecule has 0 N–H and O–H groups in total. The Morgan fingerprint density at radius 3 is 2.35 bits per heavy atom. The van der Waals surface area contributed by atoms with E-state index in [2.05, 4.69) is 4.84 Å².